The minimum absolute atomic E-state index is 0.0423. The van der Waals surface area contributed by atoms with Crippen LogP contribution in [-0.4, -0.2) is 0 Å². The van der Waals surface area contributed by atoms with Crippen LogP contribution in [0.4, 0.5) is 0 Å². The number of benzene rings is 4. The molecule has 0 amide bonds. The monoisotopic (exact) mass is 628 g/mol. The van der Waals surface area contributed by atoms with Crippen molar-refractivity contribution in [3.05, 3.63) is 147 Å². The first-order valence-electron chi connectivity index (χ1n) is 18.5. The molecule has 0 spiro atoms. The molecule has 0 fully saturated rings. The average Bonchev–Trinajstić information content (AvgIpc) is 3.30. The SMILES string of the molecule is Cc1cc2c(c3ccccc13)-c1ccc(C(C)C(C3=CC=C(C(C)(C)C)CC3)c3ccc4c(c3)C(C)CC3=C4C=CCC3)cc1C2(C)C. The summed E-state index contributed by atoms with van der Waals surface area (Å²) in [4.78, 5) is 0. The van der Waals surface area contributed by atoms with Crippen molar-refractivity contribution in [3.8, 4) is 11.1 Å². The Hall–Kier alpha value is -3.90. The van der Waals surface area contributed by atoms with Gasteiger partial charge in [0.1, 0.15) is 0 Å². The normalized spacial score (nSPS) is 20.8. The van der Waals surface area contributed by atoms with Crippen LogP contribution in [0.2, 0.25) is 0 Å². The van der Waals surface area contributed by atoms with Crippen molar-refractivity contribution in [1.82, 2.24) is 0 Å². The fraction of sp³-hybridized carbons (Fsp3) is 0.375. The van der Waals surface area contributed by atoms with E-state index in [4.69, 9.17) is 0 Å². The standard InChI is InChI=1S/C48H52/c1-29-25-34-13-9-10-15-38(34)39-23-20-35(27-42(29)39)45(32-17-21-36(22-18-32)47(4,5)6)31(3)33-19-24-41-43(28-33)48(7,8)44-26-30(2)37-14-11-12-16-40(37)46(41)44/h10-12,14-17,19-21,23-24,26-29,31,45H,9,13,18,22,25H2,1-8H3. The third-order valence-electron chi connectivity index (χ3n) is 12.6. The van der Waals surface area contributed by atoms with Gasteiger partial charge < -0.3 is 0 Å². The molecule has 3 unspecified atom stereocenters. The first kappa shape index (κ1) is 31.4. The zero-order valence-corrected chi connectivity index (χ0v) is 30.4. The lowest BCUT2D eigenvalue weighted by Gasteiger charge is -2.34. The molecule has 4 aliphatic carbocycles. The van der Waals surface area contributed by atoms with E-state index in [9.17, 15) is 0 Å². The van der Waals surface area contributed by atoms with Gasteiger partial charge in [0.15, 0.2) is 0 Å². The molecule has 4 aliphatic rings. The van der Waals surface area contributed by atoms with E-state index >= 15 is 0 Å². The van der Waals surface area contributed by atoms with Crippen molar-refractivity contribution in [2.24, 2.45) is 5.41 Å². The van der Waals surface area contributed by atoms with E-state index in [1.54, 1.807) is 22.3 Å². The van der Waals surface area contributed by atoms with E-state index in [-0.39, 0.29) is 10.8 Å². The Kier molecular flexibility index (Phi) is 7.41. The highest BCUT2D eigenvalue weighted by atomic mass is 14.4. The van der Waals surface area contributed by atoms with Crippen LogP contribution in [0.25, 0.3) is 27.5 Å². The van der Waals surface area contributed by atoms with Crippen molar-refractivity contribution < 1.29 is 0 Å². The molecule has 0 bridgehead atoms. The van der Waals surface area contributed by atoms with Gasteiger partial charge in [-0.1, -0.05) is 156 Å². The maximum atomic E-state index is 2.61. The van der Waals surface area contributed by atoms with E-state index < -0.39 is 0 Å². The summed E-state index contributed by atoms with van der Waals surface area (Å²) >= 11 is 0. The molecule has 4 aromatic rings. The second kappa shape index (κ2) is 11.3. The fourth-order valence-electron chi connectivity index (χ4n) is 9.73. The highest BCUT2D eigenvalue weighted by Gasteiger charge is 2.38. The summed E-state index contributed by atoms with van der Waals surface area (Å²) in [6.07, 6.45) is 15.6. The van der Waals surface area contributed by atoms with Crippen molar-refractivity contribution in [2.75, 3.05) is 0 Å². The highest BCUT2D eigenvalue weighted by molar-refractivity contribution is 6.03. The van der Waals surface area contributed by atoms with Crippen LogP contribution in [0.1, 0.15) is 137 Å². The smallest absolute Gasteiger partial charge is 0.0159 e. The molecule has 0 saturated carbocycles. The molecule has 8 rings (SSSR count). The Morgan fingerprint density at radius 1 is 0.792 bits per heavy atom. The van der Waals surface area contributed by atoms with Gasteiger partial charge in [-0.05, 0) is 123 Å². The number of hydrogen-bond donors (Lipinski definition) is 0. The Labute approximate surface area is 289 Å². The Morgan fingerprint density at radius 3 is 2.29 bits per heavy atom. The highest BCUT2D eigenvalue weighted by Crippen LogP contribution is 2.54. The first-order valence-corrected chi connectivity index (χ1v) is 18.5. The fourth-order valence-corrected chi connectivity index (χ4v) is 9.73. The zero-order chi connectivity index (χ0) is 33.5. The first-order chi connectivity index (χ1) is 22.9. The maximum Gasteiger partial charge on any atom is 0.0159 e. The molecule has 4 aromatic carbocycles. The molecule has 0 saturated heterocycles. The van der Waals surface area contributed by atoms with Crippen LogP contribution in [0, 0.1) is 12.3 Å². The predicted molar refractivity (Wildman–Crippen MR) is 207 cm³/mol. The van der Waals surface area contributed by atoms with E-state index in [1.165, 1.54) is 80.1 Å². The van der Waals surface area contributed by atoms with Gasteiger partial charge in [-0.25, -0.2) is 0 Å². The molecule has 0 heterocycles. The number of fused-ring (bicyclic) bond motifs is 7. The van der Waals surface area contributed by atoms with Crippen molar-refractivity contribution in [2.45, 2.75) is 111 Å². The Morgan fingerprint density at radius 2 is 1.54 bits per heavy atom. The summed E-state index contributed by atoms with van der Waals surface area (Å²) in [5.41, 5.74) is 19.6. The lowest BCUT2D eigenvalue weighted by atomic mass is 9.70. The summed E-state index contributed by atoms with van der Waals surface area (Å²) in [7, 11) is 0. The largest absolute Gasteiger partial charge is 0.0836 e. The lowest BCUT2D eigenvalue weighted by molar-refractivity contribution is 0.474. The molecule has 0 heteroatoms. The minimum atomic E-state index is -0.0423. The topological polar surface area (TPSA) is 0 Å². The van der Waals surface area contributed by atoms with Crippen LogP contribution in [-0.2, 0) is 5.41 Å². The van der Waals surface area contributed by atoms with E-state index in [0.717, 1.165) is 12.8 Å². The van der Waals surface area contributed by atoms with Gasteiger partial charge in [0.2, 0.25) is 0 Å². The van der Waals surface area contributed by atoms with Crippen molar-refractivity contribution in [1.29, 1.82) is 0 Å². The maximum absolute atomic E-state index is 2.61. The second-order valence-corrected chi connectivity index (χ2v) is 17.0. The molecule has 0 nitrogen and oxygen atoms in total. The number of hydrogen-bond acceptors (Lipinski definition) is 0. The quantitative estimate of drug-likeness (QED) is 0.211. The Bertz CT molecular complexity index is 2100. The summed E-state index contributed by atoms with van der Waals surface area (Å²) < 4.78 is 0. The molecule has 48 heavy (non-hydrogen) atoms. The van der Waals surface area contributed by atoms with Crippen LogP contribution < -0.4 is 0 Å². The lowest BCUT2D eigenvalue weighted by Crippen LogP contribution is -2.19. The number of allylic oxidation sites excluding steroid dienone is 8. The minimum Gasteiger partial charge on any atom is -0.0836 e. The third-order valence-corrected chi connectivity index (χ3v) is 12.6. The van der Waals surface area contributed by atoms with Gasteiger partial charge in [-0.3, -0.25) is 0 Å². The van der Waals surface area contributed by atoms with Gasteiger partial charge in [0, 0.05) is 11.3 Å². The summed E-state index contributed by atoms with van der Waals surface area (Å²) in [5.74, 6) is 1.25. The second-order valence-electron chi connectivity index (χ2n) is 17.0. The van der Waals surface area contributed by atoms with Crippen LogP contribution in [0.3, 0.4) is 0 Å². The van der Waals surface area contributed by atoms with E-state index in [0.29, 0.717) is 17.8 Å². The molecule has 0 radical (unpaired) electrons. The average molecular weight is 629 g/mol. The van der Waals surface area contributed by atoms with Gasteiger partial charge in [0.25, 0.3) is 0 Å². The van der Waals surface area contributed by atoms with Gasteiger partial charge in [-0.15, -0.1) is 0 Å². The summed E-state index contributed by atoms with van der Waals surface area (Å²) in [6.45, 7) is 19.2. The molecule has 244 valence electrons. The number of rotatable bonds is 4. The van der Waals surface area contributed by atoms with Crippen molar-refractivity contribution >= 4 is 16.3 Å². The predicted octanol–water partition coefficient (Wildman–Crippen LogP) is 13.6. The molecular formula is C48H52. The van der Waals surface area contributed by atoms with Crippen LogP contribution in [0.15, 0.2) is 108 Å². The molecular weight excluding hydrogens is 577 g/mol. The summed E-state index contributed by atoms with van der Waals surface area (Å²) in [5, 5.41) is 2.76. The molecule has 0 aromatic heterocycles. The van der Waals surface area contributed by atoms with E-state index in [2.05, 4.69) is 146 Å². The third kappa shape index (κ3) is 4.93. The summed E-state index contributed by atoms with van der Waals surface area (Å²) in [6, 6.07) is 26.5. The molecule has 0 aliphatic heterocycles. The van der Waals surface area contributed by atoms with E-state index in [1.807, 2.05) is 0 Å². The van der Waals surface area contributed by atoms with Gasteiger partial charge >= 0.3 is 0 Å². The zero-order valence-electron chi connectivity index (χ0n) is 30.4. The number of aryl methyl sites for hydroxylation is 1. The molecule has 3 atom stereocenters. The van der Waals surface area contributed by atoms with Gasteiger partial charge in [-0.2, -0.15) is 0 Å². The van der Waals surface area contributed by atoms with Crippen LogP contribution >= 0.6 is 0 Å². The van der Waals surface area contributed by atoms with Crippen molar-refractivity contribution in [3.63, 3.8) is 0 Å². The molecule has 0 N–H and O–H groups in total. The Balaban J connectivity index is 1.25. The van der Waals surface area contributed by atoms with Crippen LogP contribution in [0.5, 0.6) is 0 Å². The van der Waals surface area contributed by atoms with Gasteiger partial charge in [0.05, 0.1) is 0 Å².